The highest BCUT2D eigenvalue weighted by atomic mass is 32.2. The number of hydrogen-bond acceptors (Lipinski definition) is 1. The van der Waals surface area contributed by atoms with Gasteiger partial charge in [-0.2, -0.15) is 11.8 Å². The molecule has 1 aliphatic carbocycles. The van der Waals surface area contributed by atoms with E-state index in [1.807, 2.05) is 0 Å². The van der Waals surface area contributed by atoms with E-state index in [1.165, 1.54) is 108 Å². The summed E-state index contributed by atoms with van der Waals surface area (Å²) >= 11 is 2.33. The first-order valence-corrected chi connectivity index (χ1v) is 11.6. The van der Waals surface area contributed by atoms with Crippen LogP contribution >= 0.6 is 11.8 Å². The molecule has 1 saturated heterocycles. The maximum atomic E-state index is 4.19. The Morgan fingerprint density at radius 2 is 1.12 bits per heavy atom. The summed E-state index contributed by atoms with van der Waals surface area (Å²) in [5.74, 6) is 1.35. The van der Waals surface area contributed by atoms with Gasteiger partial charge in [0, 0.05) is 4.75 Å². The first kappa shape index (κ1) is 20.1. The Kier molecular flexibility index (Phi) is 9.01. The average molecular weight is 349 g/mol. The molecule has 1 heterocycles. The quantitative estimate of drug-likeness (QED) is 0.452. The van der Waals surface area contributed by atoms with Gasteiger partial charge in [0.25, 0.3) is 0 Å². The lowest BCUT2D eigenvalue weighted by atomic mass is 9.63. The molecule has 24 heavy (non-hydrogen) atoms. The predicted octanol–water partition coefficient (Wildman–Crippen LogP) is 8.09. The van der Waals surface area contributed by atoms with E-state index in [2.05, 4.69) is 37.1 Å². The van der Waals surface area contributed by atoms with Crippen LogP contribution in [0.15, 0.2) is 25.3 Å². The SMILES string of the molecule is C=CCC1(C2(CC=C)CCCCCCCS2)CCCCCCCC1. The molecule has 2 fully saturated rings. The minimum Gasteiger partial charge on any atom is -0.154 e. The average Bonchev–Trinajstić information content (AvgIpc) is 2.77. The van der Waals surface area contributed by atoms with E-state index >= 15 is 0 Å². The van der Waals surface area contributed by atoms with Gasteiger partial charge in [-0.05, 0) is 49.7 Å². The zero-order valence-electron chi connectivity index (χ0n) is 16.0. The van der Waals surface area contributed by atoms with E-state index in [0.29, 0.717) is 10.2 Å². The Bertz CT molecular complexity index is 314. The van der Waals surface area contributed by atoms with Crippen molar-refractivity contribution < 1.29 is 0 Å². The molecule has 0 aromatic heterocycles. The van der Waals surface area contributed by atoms with E-state index in [-0.39, 0.29) is 0 Å². The molecule has 1 saturated carbocycles. The van der Waals surface area contributed by atoms with E-state index in [1.54, 1.807) is 0 Å². The third kappa shape index (κ3) is 5.16. The summed E-state index contributed by atoms with van der Waals surface area (Å²) in [6.07, 6.45) is 26.9. The number of allylic oxidation sites excluding steroid dienone is 2. The summed E-state index contributed by atoms with van der Waals surface area (Å²) < 4.78 is 0.414. The van der Waals surface area contributed by atoms with Crippen LogP contribution in [0.3, 0.4) is 0 Å². The van der Waals surface area contributed by atoms with Gasteiger partial charge in [0.2, 0.25) is 0 Å². The second-order valence-corrected chi connectivity index (χ2v) is 9.73. The monoisotopic (exact) mass is 348 g/mol. The van der Waals surface area contributed by atoms with E-state index in [4.69, 9.17) is 0 Å². The molecule has 0 nitrogen and oxygen atoms in total. The Labute approximate surface area is 156 Å². The molecule has 2 rings (SSSR count). The molecular weight excluding hydrogens is 308 g/mol. The Morgan fingerprint density at radius 3 is 1.71 bits per heavy atom. The molecule has 2 aliphatic rings. The molecule has 0 aromatic rings. The molecule has 0 spiro atoms. The van der Waals surface area contributed by atoms with Gasteiger partial charge in [-0.1, -0.05) is 76.4 Å². The molecule has 1 unspecified atom stereocenters. The lowest BCUT2D eigenvalue weighted by Gasteiger charge is -2.51. The lowest BCUT2D eigenvalue weighted by molar-refractivity contribution is 0.143. The normalized spacial score (nSPS) is 29.8. The molecule has 138 valence electrons. The van der Waals surface area contributed by atoms with Crippen molar-refractivity contribution in [3.8, 4) is 0 Å². The number of rotatable bonds is 5. The molecular formula is C23H40S. The molecule has 0 radical (unpaired) electrons. The van der Waals surface area contributed by atoms with Crippen molar-refractivity contribution in [1.29, 1.82) is 0 Å². The van der Waals surface area contributed by atoms with Crippen molar-refractivity contribution in [3.63, 3.8) is 0 Å². The molecule has 0 amide bonds. The van der Waals surface area contributed by atoms with Gasteiger partial charge in [0.05, 0.1) is 0 Å². The van der Waals surface area contributed by atoms with Crippen LogP contribution in [-0.2, 0) is 0 Å². The molecule has 0 N–H and O–H groups in total. The maximum Gasteiger partial charge on any atom is 0.0253 e. The highest BCUT2D eigenvalue weighted by Crippen LogP contribution is 2.57. The van der Waals surface area contributed by atoms with Crippen LogP contribution in [0.5, 0.6) is 0 Å². The fourth-order valence-electron chi connectivity index (χ4n) is 5.29. The maximum absolute atomic E-state index is 4.19. The van der Waals surface area contributed by atoms with Gasteiger partial charge < -0.3 is 0 Å². The molecule has 1 heteroatoms. The van der Waals surface area contributed by atoms with Crippen molar-refractivity contribution in [2.75, 3.05) is 5.75 Å². The van der Waals surface area contributed by atoms with Crippen LogP contribution in [0.25, 0.3) is 0 Å². The van der Waals surface area contributed by atoms with Gasteiger partial charge >= 0.3 is 0 Å². The first-order chi connectivity index (χ1) is 11.8. The fraction of sp³-hybridized carbons (Fsp3) is 0.826. The fourth-order valence-corrected chi connectivity index (χ4v) is 7.15. The van der Waals surface area contributed by atoms with Crippen molar-refractivity contribution in [3.05, 3.63) is 25.3 Å². The highest BCUT2D eigenvalue weighted by Gasteiger charge is 2.48. The van der Waals surface area contributed by atoms with Crippen molar-refractivity contribution >= 4 is 11.8 Å². The second-order valence-electron chi connectivity index (χ2n) is 8.25. The molecule has 0 aromatic carbocycles. The lowest BCUT2D eigenvalue weighted by Crippen LogP contribution is -2.46. The Hall–Kier alpha value is -0.170. The van der Waals surface area contributed by atoms with Crippen molar-refractivity contribution in [2.24, 2.45) is 5.41 Å². The number of hydrogen-bond donors (Lipinski definition) is 0. The predicted molar refractivity (Wildman–Crippen MR) is 112 cm³/mol. The van der Waals surface area contributed by atoms with E-state index in [0.717, 1.165) is 0 Å². The largest absolute Gasteiger partial charge is 0.154 e. The molecule has 1 aliphatic heterocycles. The summed E-state index contributed by atoms with van der Waals surface area (Å²) in [5, 5.41) is 0. The minimum atomic E-state index is 0.414. The third-order valence-corrected chi connectivity index (χ3v) is 8.49. The standard InChI is InChI=1S/C23H40S/c1-3-16-22(18-12-8-5-6-9-13-19-22)23(17-4-2)20-14-10-7-11-15-21-24-23/h3-4H,1-2,5-21H2. The van der Waals surface area contributed by atoms with Gasteiger partial charge in [-0.15, -0.1) is 13.2 Å². The summed E-state index contributed by atoms with van der Waals surface area (Å²) in [5.41, 5.74) is 0.461. The second kappa shape index (κ2) is 10.7. The van der Waals surface area contributed by atoms with E-state index < -0.39 is 0 Å². The third-order valence-electron chi connectivity index (χ3n) is 6.64. The van der Waals surface area contributed by atoms with Gasteiger partial charge in [0.1, 0.15) is 0 Å². The summed E-state index contributed by atoms with van der Waals surface area (Å²) in [6.45, 7) is 8.37. The summed E-state index contributed by atoms with van der Waals surface area (Å²) in [6, 6.07) is 0. The smallest absolute Gasteiger partial charge is 0.0253 e. The van der Waals surface area contributed by atoms with Crippen molar-refractivity contribution in [2.45, 2.75) is 107 Å². The van der Waals surface area contributed by atoms with Crippen LogP contribution in [0.4, 0.5) is 0 Å². The molecule has 0 bridgehead atoms. The Morgan fingerprint density at radius 1 is 0.625 bits per heavy atom. The summed E-state index contributed by atoms with van der Waals surface area (Å²) in [4.78, 5) is 0. The Balaban J connectivity index is 2.33. The summed E-state index contributed by atoms with van der Waals surface area (Å²) in [7, 11) is 0. The minimum absolute atomic E-state index is 0.414. The van der Waals surface area contributed by atoms with Gasteiger partial charge in [-0.3, -0.25) is 0 Å². The van der Waals surface area contributed by atoms with Crippen LogP contribution in [0.1, 0.15) is 103 Å². The first-order valence-electron chi connectivity index (χ1n) is 10.6. The van der Waals surface area contributed by atoms with Gasteiger partial charge in [0.15, 0.2) is 0 Å². The van der Waals surface area contributed by atoms with Crippen LogP contribution in [0.2, 0.25) is 0 Å². The number of thioether (sulfide) groups is 1. The van der Waals surface area contributed by atoms with Crippen LogP contribution in [-0.4, -0.2) is 10.5 Å². The van der Waals surface area contributed by atoms with Crippen LogP contribution in [0, 0.1) is 5.41 Å². The van der Waals surface area contributed by atoms with E-state index in [9.17, 15) is 0 Å². The van der Waals surface area contributed by atoms with Crippen LogP contribution < -0.4 is 0 Å². The van der Waals surface area contributed by atoms with Gasteiger partial charge in [-0.25, -0.2) is 0 Å². The zero-order valence-corrected chi connectivity index (χ0v) is 16.8. The zero-order chi connectivity index (χ0) is 17.1. The molecule has 1 atom stereocenters. The topological polar surface area (TPSA) is 0 Å². The van der Waals surface area contributed by atoms with Crippen molar-refractivity contribution in [1.82, 2.24) is 0 Å². The highest BCUT2D eigenvalue weighted by molar-refractivity contribution is 8.00.